The number of hydrogen-bond donors (Lipinski definition) is 2. The molecule has 2 N–H and O–H groups in total. The Morgan fingerprint density at radius 2 is 2.43 bits per heavy atom. The number of rotatable bonds is 6. The third-order valence-corrected chi connectivity index (χ3v) is 4.29. The number of amides is 1. The molecule has 2 rings (SSSR count). The first-order chi connectivity index (χ1) is 10.3. The topological polar surface area (TPSA) is 58.6 Å². The first-order valence-electron chi connectivity index (χ1n) is 7.34. The highest BCUT2D eigenvalue weighted by atomic mass is 32.1. The molecule has 0 spiro atoms. The van der Waals surface area contributed by atoms with Gasteiger partial charge >= 0.3 is 0 Å². The standard InChI is InChI=1S/C16H21NO3S/c18-10-2-1-5-14-7-8-15(21-14)12-17-16(19)9-6-13-4-3-11-20-13/h7-8,13,18H,2-4,6,9-12H2,(H,17,19). The van der Waals surface area contributed by atoms with Gasteiger partial charge in [0.2, 0.25) is 5.91 Å². The molecular formula is C16H21NO3S. The van der Waals surface area contributed by atoms with Crippen molar-refractivity contribution in [2.24, 2.45) is 0 Å². The summed E-state index contributed by atoms with van der Waals surface area (Å²) in [5, 5.41) is 11.6. The Labute approximate surface area is 129 Å². The van der Waals surface area contributed by atoms with Gasteiger partial charge in [-0.05, 0) is 31.4 Å². The Morgan fingerprint density at radius 1 is 1.52 bits per heavy atom. The molecule has 0 bridgehead atoms. The first kappa shape index (κ1) is 16.0. The number of thiophene rings is 1. The predicted octanol–water partition coefficient (Wildman–Crippen LogP) is 2.06. The lowest BCUT2D eigenvalue weighted by Crippen LogP contribution is -2.23. The van der Waals surface area contributed by atoms with Crippen molar-refractivity contribution >= 4 is 17.2 Å². The van der Waals surface area contributed by atoms with Crippen molar-refractivity contribution in [2.75, 3.05) is 13.2 Å². The van der Waals surface area contributed by atoms with Gasteiger partial charge in [-0.1, -0.05) is 11.8 Å². The van der Waals surface area contributed by atoms with Crippen LogP contribution in [0.5, 0.6) is 0 Å². The third-order valence-electron chi connectivity index (χ3n) is 3.29. The maximum absolute atomic E-state index is 11.8. The van der Waals surface area contributed by atoms with Crippen LogP contribution in [0.15, 0.2) is 12.1 Å². The van der Waals surface area contributed by atoms with E-state index in [0.717, 1.165) is 35.6 Å². The molecule has 0 radical (unpaired) electrons. The highest BCUT2D eigenvalue weighted by molar-refractivity contribution is 7.12. The Morgan fingerprint density at radius 3 is 3.19 bits per heavy atom. The maximum Gasteiger partial charge on any atom is 0.220 e. The van der Waals surface area contributed by atoms with Gasteiger partial charge in [-0.3, -0.25) is 4.79 Å². The summed E-state index contributed by atoms with van der Waals surface area (Å²) in [6.45, 7) is 1.48. The van der Waals surface area contributed by atoms with Crippen molar-refractivity contribution in [1.29, 1.82) is 0 Å². The van der Waals surface area contributed by atoms with E-state index in [0.29, 0.717) is 19.4 Å². The fourth-order valence-corrected chi connectivity index (χ4v) is 3.01. The molecular weight excluding hydrogens is 286 g/mol. The van der Waals surface area contributed by atoms with Crippen LogP contribution in [0.3, 0.4) is 0 Å². The number of aliphatic hydroxyl groups is 1. The number of ether oxygens (including phenoxy) is 1. The van der Waals surface area contributed by atoms with E-state index in [1.165, 1.54) is 0 Å². The summed E-state index contributed by atoms with van der Waals surface area (Å²) in [5.74, 6) is 5.96. The lowest BCUT2D eigenvalue weighted by molar-refractivity contribution is -0.121. The molecule has 1 unspecified atom stereocenters. The van der Waals surface area contributed by atoms with Gasteiger partial charge in [-0.2, -0.15) is 0 Å². The van der Waals surface area contributed by atoms with Gasteiger partial charge < -0.3 is 15.2 Å². The lowest BCUT2D eigenvalue weighted by Gasteiger charge is -2.08. The molecule has 1 aliphatic rings. The number of carbonyl (C=O) groups excluding carboxylic acids is 1. The molecule has 114 valence electrons. The summed E-state index contributed by atoms with van der Waals surface area (Å²) < 4.78 is 5.51. The van der Waals surface area contributed by atoms with E-state index in [-0.39, 0.29) is 18.6 Å². The van der Waals surface area contributed by atoms with Crippen LogP contribution in [0.25, 0.3) is 0 Å². The van der Waals surface area contributed by atoms with Crippen molar-refractivity contribution < 1.29 is 14.6 Å². The SMILES string of the molecule is O=C(CCC1CCCO1)NCc1ccc(C#CCCO)s1. The molecule has 0 aromatic carbocycles. The van der Waals surface area contributed by atoms with Gasteiger partial charge in [0, 0.05) is 24.3 Å². The summed E-state index contributed by atoms with van der Waals surface area (Å²) in [5.41, 5.74) is 0. The maximum atomic E-state index is 11.8. The number of aliphatic hydroxyl groups excluding tert-OH is 1. The molecule has 1 amide bonds. The normalized spacial score (nSPS) is 17.3. The summed E-state index contributed by atoms with van der Waals surface area (Å²) in [7, 11) is 0. The summed E-state index contributed by atoms with van der Waals surface area (Å²) in [6, 6.07) is 3.93. The van der Waals surface area contributed by atoms with E-state index in [2.05, 4.69) is 17.2 Å². The van der Waals surface area contributed by atoms with Crippen LogP contribution < -0.4 is 5.32 Å². The molecule has 1 aromatic rings. The van der Waals surface area contributed by atoms with Crippen LogP contribution in [0.2, 0.25) is 0 Å². The van der Waals surface area contributed by atoms with E-state index < -0.39 is 0 Å². The minimum atomic E-state index is 0.0758. The molecule has 1 atom stereocenters. The average molecular weight is 307 g/mol. The van der Waals surface area contributed by atoms with Crippen LogP contribution in [0.1, 0.15) is 41.9 Å². The van der Waals surface area contributed by atoms with Crippen molar-refractivity contribution in [3.63, 3.8) is 0 Å². The average Bonchev–Trinajstić information content (AvgIpc) is 3.15. The molecule has 1 fully saturated rings. The molecule has 2 heterocycles. The van der Waals surface area contributed by atoms with E-state index in [1.54, 1.807) is 11.3 Å². The highest BCUT2D eigenvalue weighted by Crippen LogP contribution is 2.17. The Balaban J connectivity index is 1.67. The quantitative estimate of drug-likeness (QED) is 0.791. The smallest absolute Gasteiger partial charge is 0.220 e. The van der Waals surface area contributed by atoms with Crippen LogP contribution >= 0.6 is 11.3 Å². The van der Waals surface area contributed by atoms with Crippen molar-refractivity contribution in [1.82, 2.24) is 5.32 Å². The van der Waals surface area contributed by atoms with Crippen molar-refractivity contribution in [2.45, 2.75) is 44.8 Å². The second-order valence-corrected chi connectivity index (χ2v) is 6.16. The highest BCUT2D eigenvalue weighted by Gasteiger charge is 2.16. The van der Waals surface area contributed by atoms with E-state index >= 15 is 0 Å². The summed E-state index contributed by atoms with van der Waals surface area (Å²) in [4.78, 5) is 13.8. The van der Waals surface area contributed by atoms with E-state index in [4.69, 9.17) is 9.84 Å². The van der Waals surface area contributed by atoms with Crippen molar-refractivity contribution in [3.05, 3.63) is 21.9 Å². The van der Waals surface area contributed by atoms with Crippen molar-refractivity contribution in [3.8, 4) is 11.8 Å². The number of hydrogen-bond acceptors (Lipinski definition) is 4. The second-order valence-electron chi connectivity index (χ2n) is 4.99. The molecule has 4 nitrogen and oxygen atoms in total. The lowest BCUT2D eigenvalue weighted by atomic mass is 10.1. The fraction of sp³-hybridized carbons (Fsp3) is 0.562. The van der Waals surface area contributed by atoms with Gasteiger partial charge in [0.1, 0.15) is 0 Å². The molecule has 0 aliphatic carbocycles. The predicted molar refractivity (Wildman–Crippen MR) is 83.0 cm³/mol. The number of carbonyl (C=O) groups is 1. The molecule has 5 heteroatoms. The van der Waals surface area contributed by atoms with Gasteiger partial charge in [-0.15, -0.1) is 11.3 Å². The monoisotopic (exact) mass is 307 g/mol. The van der Waals surface area contributed by atoms with Gasteiger partial charge in [0.15, 0.2) is 0 Å². The van der Waals surface area contributed by atoms with Crippen LogP contribution in [-0.4, -0.2) is 30.3 Å². The van der Waals surface area contributed by atoms with Gasteiger partial charge in [0.25, 0.3) is 0 Å². The second kappa shape index (κ2) is 8.83. The first-order valence-corrected chi connectivity index (χ1v) is 8.16. The van der Waals surface area contributed by atoms with Crippen LogP contribution in [-0.2, 0) is 16.1 Å². The zero-order valence-corrected chi connectivity index (χ0v) is 12.9. The van der Waals surface area contributed by atoms with Crippen LogP contribution in [0, 0.1) is 11.8 Å². The molecule has 0 saturated carbocycles. The largest absolute Gasteiger partial charge is 0.395 e. The number of nitrogens with one attached hydrogen (secondary N) is 1. The summed E-state index contributed by atoms with van der Waals surface area (Å²) >= 11 is 1.57. The van der Waals surface area contributed by atoms with Crippen LogP contribution in [0.4, 0.5) is 0 Å². The zero-order chi connectivity index (χ0) is 14.9. The third kappa shape index (κ3) is 5.88. The molecule has 21 heavy (non-hydrogen) atoms. The van der Waals surface area contributed by atoms with E-state index in [1.807, 2.05) is 12.1 Å². The van der Waals surface area contributed by atoms with Gasteiger partial charge in [-0.25, -0.2) is 0 Å². The fourth-order valence-electron chi connectivity index (χ4n) is 2.18. The Kier molecular flexibility index (Phi) is 6.74. The van der Waals surface area contributed by atoms with E-state index in [9.17, 15) is 4.79 Å². The van der Waals surface area contributed by atoms with Gasteiger partial charge in [0.05, 0.1) is 24.1 Å². The molecule has 1 saturated heterocycles. The molecule has 1 aromatic heterocycles. The Hall–Kier alpha value is -1.35. The molecule has 1 aliphatic heterocycles. The zero-order valence-electron chi connectivity index (χ0n) is 12.1. The minimum absolute atomic E-state index is 0.0758. The summed E-state index contributed by atoms with van der Waals surface area (Å²) in [6.07, 6.45) is 4.29. The Bertz CT molecular complexity index is 509. The minimum Gasteiger partial charge on any atom is -0.395 e.